The van der Waals surface area contributed by atoms with Crippen LogP contribution in [0.25, 0.3) is 0 Å². The first-order chi connectivity index (χ1) is 8.39. The van der Waals surface area contributed by atoms with Crippen LogP contribution in [-0.4, -0.2) is 43.0 Å². The maximum atomic E-state index is 12.3. The molecule has 1 aromatic rings. The minimum atomic E-state index is -3.56. The Morgan fingerprint density at radius 3 is 2.39 bits per heavy atom. The maximum Gasteiger partial charge on any atom is 0.247 e. The van der Waals surface area contributed by atoms with Crippen LogP contribution in [0.1, 0.15) is 13.8 Å². The zero-order chi connectivity index (χ0) is 13.3. The number of aromatic amines is 1. The fraction of sp³-hybridized carbons (Fsp3) is 0.545. The van der Waals surface area contributed by atoms with E-state index < -0.39 is 10.0 Å². The van der Waals surface area contributed by atoms with E-state index in [0.29, 0.717) is 13.1 Å². The van der Waals surface area contributed by atoms with E-state index in [1.54, 1.807) is 0 Å². The fourth-order valence-corrected chi connectivity index (χ4v) is 3.59. The van der Waals surface area contributed by atoms with Gasteiger partial charge in [0, 0.05) is 25.4 Å². The highest BCUT2D eigenvalue weighted by atomic mass is 32.2. The van der Waals surface area contributed by atoms with E-state index in [9.17, 15) is 13.2 Å². The number of nitrogens with zero attached hydrogens (tertiary/aromatic N) is 1. The Bertz CT molecular complexity index is 550. The molecule has 0 spiro atoms. The predicted molar refractivity (Wildman–Crippen MR) is 65.8 cm³/mol. The highest BCUT2D eigenvalue weighted by molar-refractivity contribution is 7.89. The lowest BCUT2D eigenvalue weighted by molar-refractivity contribution is -0.0440. The summed E-state index contributed by atoms with van der Waals surface area (Å²) in [5.74, 6) is 0. The Hall–Kier alpha value is -1.18. The second-order valence-corrected chi connectivity index (χ2v) is 6.41. The van der Waals surface area contributed by atoms with Crippen LogP contribution < -0.4 is 5.56 Å². The smallest absolute Gasteiger partial charge is 0.247 e. The number of H-pyrrole nitrogens is 1. The van der Waals surface area contributed by atoms with Crippen molar-refractivity contribution in [3.8, 4) is 0 Å². The van der Waals surface area contributed by atoms with Gasteiger partial charge < -0.3 is 9.72 Å². The zero-order valence-electron chi connectivity index (χ0n) is 10.3. The summed E-state index contributed by atoms with van der Waals surface area (Å²) in [4.78, 5) is 13.4. The van der Waals surface area contributed by atoms with E-state index >= 15 is 0 Å². The molecule has 1 fully saturated rings. The number of hydrogen-bond donors (Lipinski definition) is 1. The van der Waals surface area contributed by atoms with Crippen molar-refractivity contribution in [1.29, 1.82) is 0 Å². The van der Waals surface area contributed by atoms with E-state index in [1.807, 2.05) is 13.8 Å². The first-order valence-electron chi connectivity index (χ1n) is 5.74. The minimum absolute atomic E-state index is 0.100. The lowest BCUT2D eigenvalue weighted by Crippen LogP contribution is -2.48. The summed E-state index contributed by atoms with van der Waals surface area (Å²) in [5, 5.41) is 0. The largest absolute Gasteiger partial charge is 0.373 e. The third-order valence-corrected chi connectivity index (χ3v) is 4.61. The predicted octanol–water partition coefficient (Wildman–Crippen LogP) is 0.173. The van der Waals surface area contributed by atoms with Crippen LogP contribution in [0.3, 0.4) is 0 Å². The van der Waals surface area contributed by atoms with Crippen LogP contribution in [0.4, 0.5) is 0 Å². The lowest BCUT2D eigenvalue weighted by atomic mass is 10.3. The molecule has 0 aromatic carbocycles. The molecule has 0 bridgehead atoms. The number of hydrogen-bond acceptors (Lipinski definition) is 4. The van der Waals surface area contributed by atoms with E-state index in [-0.39, 0.29) is 22.7 Å². The van der Waals surface area contributed by atoms with Gasteiger partial charge in [-0.3, -0.25) is 4.79 Å². The van der Waals surface area contributed by atoms with Gasteiger partial charge in [0.25, 0.3) is 0 Å². The summed E-state index contributed by atoms with van der Waals surface area (Å²) in [7, 11) is -3.56. The van der Waals surface area contributed by atoms with Gasteiger partial charge in [-0.15, -0.1) is 0 Å². The van der Waals surface area contributed by atoms with Crippen molar-refractivity contribution in [1.82, 2.24) is 9.29 Å². The summed E-state index contributed by atoms with van der Waals surface area (Å²) in [6.45, 7) is 4.33. The van der Waals surface area contributed by atoms with Crippen molar-refractivity contribution in [2.75, 3.05) is 13.1 Å². The number of nitrogens with one attached hydrogen (secondary N) is 1. The molecule has 0 saturated carbocycles. The zero-order valence-corrected chi connectivity index (χ0v) is 11.1. The average Bonchev–Trinajstić information content (AvgIpc) is 2.28. The number of aromatic nitrogens is 1. The van der Waals surface area contributed by atoms with Crippen LogP contribution in [0.2, 0.25) is 0 Å². The van der Waals surface area contributed by atoms with Gasteiger partial charge in [0.1, 0.15) is 0 Å². The summed E-state index contributed by atoms with van der Waals surface area (Å²) < 4.78 is 31.6. The van der Waals surface area contributed by atoms with E-state index in [4.69, 9.17) is 4.74 Å². The molecule has 100 valence electrons. The van der Waals surface area contributed by atoms with Crippen molar-refractivity contribution in [3.63, 3.8) is 0 Å². The van der Waals surface area contributed by atoms with Crippen molar-refractivity contribution < 1.29 is 13.2 Å². The standard InChI is InChI=1S/C11H16N2O4S/c1-8-6-13(7-9(2)17-8)18(15,16)10-3-4-11(14)12-5-10/h3-5,8-9H,6-7H2,1-2H3,(H,12,14)/t8-,9+. The third-order valence-electron chi connectivity index (χ3n) is 2.78. The van der Waals surface area contributed by atoms with Gasteiger partial charge in [-0.2, -0.15) is 4.31 Å². The van der Waals surface area contributed by atoms with Crippen molar-refractivity contribution >= 4 is 10.0 Å². The molecule has 0 radical (unpaired) electrons. The monoisotopic (exact) mass is 272 g/mol. The Kier molecular flexibility index (Phi) is 3.56. The number of rotatable bonds is 2. The molecular formula is C11H16N2O4S. The molecule has 1 saturated heterocycles. The Morgan fingerprint density at radius 1 is 1.28 bits per heavy atom. The third kappa shape index (κ3) is 2.63. The van der Waals surface area contributed by atoms with Crippen LogP contribution in [0, 0.1) is 0 Å². The molecule has 2 atom stereocenters. The highest BCUT2D eigenvalue weighted by Crippen LogP contribution is 2.19. The van der Waals surface area contributed by atoms with Gasteiger partial charge in [-0.1, -0.05) is 0 Å². The molecule has 1 N–H and O–H groups in total. The summed E-state index contributed by atoms with van der Waals surface area (Å²) in [5.41, 5.74) is -0.322. The van der Waals surface area contributed by atoms with Gasteiger partial charge in [-0.25, -0.2) is 8.42 Å². The first kappa shape index (κ1) is 13.3. The Morgan fingerprint density at radius 2 is 1.89 bits per heavy atom. The molecule has 1 aromatic heterocycles. The van der Waals surface area contributed by atoms with Gasteiger partial charge >= 0.3 is 0 Å². The normalized spacial score (nSPS) is 26.1. The molecule has 1 aliphatic heterocycles. The van der Waals surface area contributed by atoms with E-state index in [0.717, 1.165) is 0 Å². The second kappa shape index (κ2) is 4.83. The number of morpholine rings is 1. The van der Waals surface area contributed by atoms with Gasteiger partial charge in [-0.05, 0) is 19.9 Å². The topological polar surface area (TPSA) is 79.5 Å². The molecule has 0 aliphatic carbocycles. The second-order valence-electron chi connectivity index (χ2n) is 4.47. The molecule has 1 aliphatic rings. The molecule has 0 amide bonds. The number of sulfonamides is 1. The van der Waals surface area contributed by atoms with E-state index in [2.05, 4.69) is 4.98 Å². The minimum Gasteiger partial charge on any atom is -0.373 e. The van der Waals surface area contributed by atoms with Crippen LogP contribution in [0.5, 0.6) is 0 Å². The maximum absolute atomic E-state index is 12.3. The fourth-order valence-electron chi connectivity index (χ4n) is 2.03. The molecule has 2 heterocycles. The molecule has 7 heteroatoms. The van der Waals surface area contributed by atoms with Gasteiger partial charge in [0.2, 0.25) is 15.6 Å². The molecular weight excluding hydrogens is 256 g/mol. The van der Waals surface area contributed by atoms with Gasteiger partial charge in [0.15, 0.2) is 0 Å². The Balaban J connectivity index is 2.30. The lowest BCUT2D eigenvalue weighted by Gasteiger charge is -2.34. The summed E-state index contributed by atoms with van der Waals surface area (Å²) in [6, 6.07) is 2.53. The molecule has 0 unspecified atom stereocenters. The van der Waals surface area contributed by atoms with Crippen LogP contribution in [-0.2, 0) is 14.8 Å². The Labute approximate surface area is 106 Å². The first-order valence-corrected chi connectivity index (χ1v) is 7.18. The quantitative estimate of drug-likeness (QED) is 0.832. The molecule has 6 nitrogen and oxygen atoms in total. The van der Waals surface area contributed by atoms with Crippen LogP contribution >= 0.6 is 0 Å². The van der Waals surface area contributed by atoms with E-state index in [1.165, 1.54) is 22.6 Å². The molecule has 18 heavy (non-hydrogen) atoms. The van der Waals surface area contributed by atoms with Crippen molar-refractivity contribution in [2.24, 2.45) is 0 Å². The average molecular weight is 272 g/mol. The SMILES string of the molecule is C[C@@H]1CN(S(=O)(=O)c2ccc(=O)[nH]c2)C[C@H](C)O1. The highest BCUT2D eigenvalue weighted by Gasteiger charge is 2.32. The van der Waals surface area contributed by atoms with Crippen molar-refractivity contribution in [2.45, 2.75) is 31.0 Å². The van der Waals surface area contributed by atoms with Crippen molar-refractivity contribution in [3.05, 3.63) is 28.7 Å². The number of ether oxygens (including phenoxy) is 1. The number of pyridine rings is 1. The summed E-state index contributed by atoms with van der Waals surface area (Å²) >= 11 is 0. The van der Waals surface area contributed by atoms with Crippen LogP contribution in [0.15, 0.2) is 28.0 Å². The molecule has 2 rings (SSSR count). The van der Waals surface area contributed by atoms with Gasteiger partial charge in [0.05, 0.1) is 17.1 Å². The summed E-state index contributed by atoms with van der Waals surface area (Å²) in [6.07, 6.45) is 0.959.